The van der Waals surface area contributed by atoms with E-state index in [0.717, 1.165) is 23.9 Å². The standard InChI is InChI=1S/C26H22B3F2N5O3/c1-2-11-34-13-17-12-19(6-9-21(17)33-34)35-14-16-3-10-23(38-15-22(30)31)32-24(16)36(25(35)37)18-4-7-20(8-5-18)39-26(27,28)29/h3-10,12-13,22H,2,11,14-15H2,1H3. The van der Waals surface area contributed by atoms with Crippen molar-refractivity contribution < 1.29 is 23.0 Å². The molecule has 0 atom stereocenters. The molecule has 0 spiro atoms. The number of aryl methyl sites for hydroxylation is 1. The lowest BCUT2D eigenvalue weighted by Crippen LogP contribution is -2.45. The summed E-state index contributed by atoms with van der Waals surface area (Å²) >= 11 is 0. The lowest BCUT2D eigenvalue weighted by Gasteiger charge is -2.36. The van der Waals surface area contributed by atoms with E-state index in [0.29, 0.717) is 16.9 Å². The number of benzene rings is 2. The summed E-state index contributed by atoms with van der Waals surface area (Å²) in [4.78, 5) is 21.3. The summed E-state index contributed by atoms with van der Waals surface area (Å²) < 4.78 is 37.8. The van der Waals surface area contributed by atoms with Gasteiger partial charge in [0.1, 0.15) is 35.1 Å². The van der Waals surface area contributed by atoms with Crippen LogP contribution in [0, 0.1) is 0 Å². The second-order valence-electron chi connectivity index (χ2n) is 9.12. The molecule has 192 valence electrons. The molecule has 2 aromatic carbocycles. The Morgan fingerprint density at radius 3 is 2.49 bits per heavy atom. The van der Waals surface area contributed by atoms with Gasteiger partial charge in [0.15, 0.2) is 6.61 Å². The fourth-order valence-electron chi connectivity index (χ4n) is 4.33. The molecule has 0 saturated carbocycles. The Bertz CT molecular complexity index is 1490. The number of anilines is 3. The zero-order valence-corrected chi connectivity index (χ0v) is 21.1. The molecule has 0 saturated heterocycles. The van der Waals surface area contributed by atoms with E-state index in [4.69, 9.17) is 33.0 Å². The van der Waals surface area contributed by atoms with Gasteiger partial charge in [0.2, 0.25) is 5.88 Å². The van der Waals surface area contributed by atoms with E-state index >= 15 is 0 Å². The van der Waals surface area contributed by atoms with Crippen LogP contribution in [0.15, 0.2) is 60.8 Å². The van der Waals surface area contributed by atoms with E-state index in [2.05, 4.69) is 17.0 Å². The molecule has 1 aliphatic heterocycles. The van der Waals surface area contributed by atoms with Crippen molar-refractivity contribution in [1.29, 1.82) is 0 Å². The predicted octanol–water partition coefficient (Wildman–Crippen LogP) is 4.26. The maximum Gasteiger partial charge on any atom is 0.335 e. The van der Waals surface area contributed by atoms with Crippen molar-refractivity contribution in [2.75, 3.05) is 16.4 Å². The van der Waals surface area contributed by atoms with Crippen molar-refractivity contribution >= 4 is 57.7 Å². The van der Waals surface area contributed by atoms with Crippen LogP contribution in [0.5, 0.6) is 11.6 Å². The highest BCUT2D eigenvalue weighted by Gasteiger charge is 2.34. The summed E-state index contributed by atoms with van der Waals surface area (Å²) in [6, 6.07) is 14.7. The highest BCUT2D eigenvalue weighted by molar-refractivity contribution is 6.58. The third kappa shape index (κ3) is 5.87. The number of rotatable bonds is 9. The Balaban J connectivity index is 1.54. The van der Waals surface area contributed by atoms with Crippen LogP contribution in [0.1, 0.15) is 18.9 Å². The molecule has 13 heteroatoms. The fraction of sp³-hybridized carbons (Fsp3) is 0.269. The van der Waals surface area contributed by atoms with Crippen LogP contribution in [0.3, 0.4) is 0 Å². The third-order valence-corrected chi connectivity index (χ3v) is 5.94. The van der Waals surface area contributed by atoms with Crippen LogP contribution in [-0.4, -0.2) is 62.7 Å². The summed E-state index contributed by atoms with van der Waals surface area (Å²) in [6.45, 7) is 2.25. The third-order valence-electron chi connectivity index (χ3n) is 5.94. The smallest absolute Gasteiger partial charge is 0.335 e. The van der Waals surface area contributed by atoms with Gasteiger partial charge in [-0.3, -0.25) is 9.58 Å². The minimum absolute atomic E-state index is 0.0239. The van der Waals surface area contributed by atoms with Crippen molar-refractivity contribution in [3.63, 3.8) is 0 Å². The Labute approximate surface area is 228 Å². The Hall–Kier alpha value is -4.02. The molecule has 3 heterocycles. The van der Waals surface area contributed by atoms with E-state index in [1.165, 1.54) is 11.0 Å². The lowest BCUT2D eigenvalue weighted by atomic mass is 9.52. The quantitative estimate of drug-likeness (QED) is 0.307. The van der Waals surface area contributed by atoms with Crippen LogP contribution >= 0.6 is 0 Å². The van der Waals surface area contributed by atoms with Crippen molar-refractivity contribution in [1.82, 2.24) is 14.8 Å². The number of carbonyl (C=O) groups excluding carboxylic acids is 1. The van der Waals surface area contributed by atoms with E-state index in [1.54, 1.807) is 35.2 Å². The van der Waals surface area contributed by atoms with Crippen molar-refractivity contribution in [2.45, 2.75) is 38.2 Å². The van der Waals surface area contributed by atoms with Gasteiger partial charge in [-0.1, -0.05) is 6.92 Å². The molecular formula is C26H22B3F2N5O3. The molecule has 39 heavy (non-hydrogen) atoms. The monoisotopic (exact) mass is 523 g/mol. The number of ether oxygens (including phenoxy) is 2. The zero-order valence-electron chi connectivity index (χ0n) is 21.1. The van der Waals surface area contributed by atoms with Gasteiger partial charge in [-0.15, -0.1) is 0 Å². The molecule has 8 nitrogen and oxygen atoms in total. The zero-order chi connectivity index (χ0) is 27.7. The Morgan fingerprint density at radius 2 is 1.79 bits per heavy atom. The number of halogens is 2. The summed E-state index contributed by atoms with van der Waals surface area (Å²) in [5.41, 5.74) is 2.61. The normalized spacial score (nSPS) is 13.7. The number of urea groups is 1. The average Bonchev–Trinajstić information content (AvgIpc) is 3.29. The first kappa shape index (κ1) is 26.6. The number of aromatic nitrogens is 3. The topological polar surface area (TPSA) is 72.7 Å². The van der Waals surface area contributed by atoms with Crippen molar-refractivity contribution in [3.05, 3.63) is 66.4 Å². The molecule has 0 aliphatic carbocycles. The summed E-state index contributed by atoms with van der Waals surface area (Å²) in [5.74, 6) is 0.521. The predicted molar refractivity (Wildman–Crippen MR) is 147 cm³/mol. The number of amides is 2. The first-order valence-corrected chi connectivity index (χ1v) is 12.3. The van der Waals surface area contributed by atoms with Gasteiger partial charge in [0.05, 0.1) is 17.7 Å². The Kier molecular flexibility index (Phi) is 7.24. The summed E-state index contributed by atoms with van der Waals surface area (Å²) in [6.07, 6.45) is 0.224. The van der Waals surface area contributed by atoms with Gasteiger partial charge >= 0.3 is 6.03 Å². The highest BCUT2D eigenvalue weighted by atomic mass is 19.3. The second-order valence-corrected chi connectivity index (χ2v) is 9.12. The largest absolute Gasteiger partial charge is 0.516 e. The van der Waals surface area contributed by atoms with Crippen molar-refractivity contribution in [3.8, 4) is 11.6 Å². The van der Waals surface area contributed by atoms with Crippen molar-refractivity contribution in [2.24, 2.45) is 0 Å². The maximum absolute atomic E-state index is 14.0. The molecular weight excluding hydrogens is 501 g/mol. The molecule has 1 aliphatic rings. The summed E-state index contributed by atoms with van der Waals surface area (Å²) in [7, 11) is 16.6. The van der Waals surface area contributed by atoms with Gasteiger partial charge in [0, 0.05) is 35.4 Å². The van der Waals surface area contributed by atoms with Gasteiger partial charge in [-0.05, 0) is 60.3 Å². The first-order valence-electron chi connectivity index (χ1n) is 12.3. The average molecular weight is 523 g/mol. The summed E-state index contributed by atoms with van der Waals surface area (Å²) in [5, 5.41) is 3.58. The van der Waals surface area contributed by atoms with Crippen LogP contribution in [0.2, 0.25) is 0 Å². The molecule has 6 radical (unpaired) electrons. The number of nitrogens with zero attached hydrogens (tertiary/aromatic N) is 5. The molecule has 4 aromatic rings. The number of pyridine rings is 1. The maximum atomic E-state index is 14.0. The molecule has 2 amide bonds. The Morgan fingerprint density at radius 1 is 1.05 bits per heavy atom. The van der Waals surface area contributed by atoms with Gasteiger partial charge < -0.3 is 9.47 Å². The first-order chi connectivity index (χ1) is 18.6. The van der Waals surface area contributed by atoms with Gasteiger partial charge in [0.25, 0.3) is 6.43 Å². The van der Waals surface area contributed by atoms with Crippen LogP contribution in [0.25, 0.3) is 10.9 Å². The molecule has 5 rings (SSSR count). The van der Waals surface area contributed by atoms with Gasteiger partial charge in [-0.2, -0.15) is 10.1 Å². The lowest BCUT2D eigenvalue weighted by molar-refractivity contribution is 0.0796. The minimum atomic E-state index is -2.67. The molecule has 0 bridgehead atoms. The molecule has 0 fully saturated rings. The van der Waals surface area contributed by atoms with E-state index in [-0.39, 0.29) is 24.0 Å². The molecule has 2 aromatic heterocycles. The van der Waals surface area contributed by atoms with E-state index in [9.17, 15) is 13.6 Å². The SMILES string of the molecule is [B]C([B])([B])Oc1ccc(N2C(=O)N(c3ccc4nn(CCC)cc4c3)Cc3ccc(OCC(F)F)nc32)cc1. The number of hydrogen-bond donors (Lipinski definition) is 0. The number of fused-ring (bicyclic) bond motifs is 2. The second kappa shape index (κ2) is 10.6. The van der Waals surface area contributed by atoms with E-state index < -0.39 is 24.4 Å². The van der Waals surface area contributed by atoms with Crippen LogP contribution in [0.4, 0.5) is 30.8 Å². The van der Waals surface area contributed by atoms with Gasteiger partial charge in [-0.25, -0.2) is 18.5 Å². The van der Waals surface area contributed by atoms with E-state index in [1.807, 2.05) is 29.1 Å². The minimum Gasteiger partial charge on any atom is -0.516 e. The number of carbonyl (C=O) groups is 1. The molecule has 0 N–H and O–H groups in total. The number of hydrogen-bond acceptors (Lipinski definition) is 5. The van der Waals surface area contributed by atoms with Crippen LogP contribution < -0.4 is 19.3 Å². The highest BCUT2D eigenvalue weighted by Crippen LogP contribution is 2.38. The number of alkyl halides is 2. The molecule has 0 unspecified atom stereocenters. The fourth-order valence-corrected chi connectivity index (χ4v) is 4.33. The van der Waals surface area contributed by atoms with Crippen LogP contribution in [-0.2, 0) is 13.1 Å².